The minimum absolute atomic E-state index is 0.257. The highest BCUT2D eigenvalue weighted by Gasteiger charge is 2.26. The van der Waals surface area contributed by atoms with Gasteiger partial charge in [0.2, 0.25) is 0 Å². The Hall–Kier alpha value is -1.75. The number of hydrogen-bond acceptors (Lipinski definition) is 4. The number of nitrogens with zero attached hydrogens (tertiary/aromatic N) is 5. The lowest BCUT2D eigenvalue weighted by atomic mass is 10.2. The number of hydrogen-bond donors (Lipinski definition) is 0. The van der Waals surface area contributed by atoms with E-state index in [0.717, 1.165) is 18.1 Å². The maximum absolute atomic E-state index is 4.48. The molecule has 0 bridgehead atoms. The third-order valence-corrected chi connectivity index (χ3v) is 3.77. The molecule has 2 heterocycles. The highest BCUT2D eigenvalue weighted by atomic mass is 15.2. The zero-order valence-electron chi connectivity index (χ0n) is 11.4. The quantitative estimate of drug-likeness (QED) is 0.824. The van der Waals surface area contributed by atoms with Gasteiger partial charge in [-0.15, -0.1) is 0 Å². The highest BCUT2D eigenvalue weighted by Crippen LogP contribution is 2.35. The lowest BCUT2D eigenvalue weighted by Crippen LogP contribution is -2.24. The molecule has 0 saturated heterocycles. The number of imidazole rings is 1. The van der Waals surface area contributed by atoms with E-state index >= 15 is 0 Å². The van der Waals surface area contributed by atoms with Crippen LogP contribution in [-0.4, -0.2) is 31.5 Å². The molecule has 1 aliphatic carbocycles. The van der Waals surface area contributed by atoms with E-state index in [-0.39, 0.29) is 6.04 Å². The molecule has 2 aromatic rings. The first-order chi connectivity index (χ1) is 9.25. The SMILES string of the molecule is CC(c1ccncn1)N(C)Cc1nccn1C1CC1. The summed E-state index contributed by atoms with van der Waals surface area (Å²) >= 11 is 0. The van der Waals surface area contributed by atoms with Gasteiger partial charge in [-0.25, -0.2) is 15.0 Å². The van der Waals surface area contributed by atoms with Crippen LogP contribution in [0.2, 0.25) is 0 Å². The minimum Gasteiger partial charge on any atom is -0.331 e. The second-order valence-corrected chi connectivity index (χ2v) is 5.21. The van der Waals surface area contributed by atoms with E-state index in [9.17, 15) is 0 Å². The zero-order valence-corrected chi connectivity index (χ0v) is 11.4. The first kappa shape index (κ1) is 12.3. The Bertz CT molecular complexity index is 532. The van der Waals surface area contributed by atoms with Crippen LogP contribution in [0.25, 0.3) is 0 Å². The van der Waals surface area contributed by atoms with Gasteiger partial charge in [-0.3, -0.25) is 4.90 Å². The molecule has 0 aromatic carbocycles. The van der Waals surface area contributed by atoms with Gasteiger partial charge in [0, 0.05) is 30.7 Å². The second-order valence-electron chi connectivity index (χ2n) is 5.21. The summed E-state index contributed by atoms with van der Waals surface area (Å²) in [5.41, 5.74) is 1.04. The second kappa shape index (κ2) is 5.09. The predicted octanol–water partition coefficient (Wildman–Crippen LogP) is 2.20. The van der Waals surface area contributed by atoms with Crippen molar-refractivity contribution in [3.05, 3.63) is 42.5 Å². The molecule has 0 spiro atoms. The molecule has 0 aliphatic heterocycles. The Morgan fingerprint density at radius 2 is 2.21 bits per heavy atom. The van der Waals surface area contributed by atoms with Crippen molar-refractivity contribution in [1.82, 2.24) is 24.4 Å². The first-order valence-electron chi connectivity index (χ1n) is 6.73. The molecule has 1 fully saturated rings. The molecule has 3 rings (SSSR count). The van der Waals surface area contributed by atoms with Crippen LogP contribution in [0, 0.1) is 0 Å². The molecule has 1 unspecified atom stereocenters. The van der Waals surface area contributed by atoms with Crippen LogP contribution >= 0.6 is 0 Å². The van der Waals surface area contributed by atoms with Crippen molar-refractivity contribution in [2.75, 3.05) is 7.05 Å². The van der Waals surface area contributed by atoms with Gasteiger partial charge >= 0.3 is 0 Å². The van der Waals surface area contributed by atoms with Crippen LogP contribution in [0.15, 0.2) is 31.0 Å². The van der Waals surface area contributed by atoms with Crippen LogP contribution < -0.4 is 0 Å². The van der Waals surface area contributed by atoms with Gasteiger partial charge in [-0.2, -0.15) is 0 Å². The molecule has 5 nitrogen and oxygen atoms in total. The summed E-state index contributed by atoms with van der Waals surface area (Å²) in [6.07, 6.45) is 9.96. The normalized spacial score (nSPS) is 16.8. The van der Waals surface area contributed by atoms with Crippen molar-refractivity contribution in [1.29, 1.82) is 0 Å². The van der Waals surface area contributed by atoms with E-state index in [0.29, 0.717) is 6.04 Å². The summed E-state index contributed by atoms with van der Waals surface area (Å²) in [5, 5.41) is 0. The van der Waals surface area contributed by atoms with Gasteiger partial charge in [-0.1, -0.05) is 0 Å². The Labute approximate surface area is 113 Å². The average Bonchev–Trinajstić information content (AvgIpc) is 3.19. The van der Waals surface area contributed by atoms with Crippen molar-refractivity contribution in [2.45, 2.75) is 38.4 Å². The number of rotatable bonds is 5. The molecule has 0 radical (unpaired) electrons. The molecule has 2 aromatic heterocycles. The van der Waals surface area contributed by atoms with E-state index in [2.05, 4.69) is 44.6 Å². The molecular formula is C14H19N5. The Balaban J connectivity index is 1.70. The molecular weight excluding hydrogens is 238 g/mol. The maximum Gasteiger partial charge on any atom is 0.123 e. The van der Waals surface area contributed by atoms with Crippen molar-refractivity contribution < 1.29 is 0 Å². The molecule has 1 saturated carbocycles. The Kier molecular flexibility index (Phi) is 3.29. The summed E-state index contributed by atoms with van der Waals surface area (Å²) in [4.78, 5) is 15.0. The molecule has 0 N–H and O–H groups in total. The summed E-state index contributed by atoms with van der Waals surface area (Å²) in [5.74, 6) is 1.14. The molecule has 0 amide bonds. The van der Waals surface area contributed by atoms with Gasteiger partial charge in [0.05, 0.1) is 12.2 Å². The van der Waals surface area contributed by atoms with E-state index < -0.39 is 0 Å². The Morgan fingerprint density at radius 3 is 2.89 bits per heavy atom. The highest BCUT2D eigenvalue weighted by molar-refractivity contribution is 5.05. The molecule has 19 heavy (non-hydrogen) atoms. The monoisotopic (exact) mass is 257 g/mol. The van der Waals surface area contributed by atoms with E-state index in [1.807, 2.05) is 12.3 Å². The third-order valence-electron chi connectivity index (χ3n) is 3.77. The van der Waals surface area contributed by atoms with Gasteiger partial charge in [0.15, 0.2) is 0 Å². The zero-order chi connectivity index (χ0) is 13.2. The van der Waals surface area contributed by atoms with Crippen molar-refractivity contribution in [2.24, 2.45) is 0 Å². The van der Waals surface area contributed by atoms with Crippen LogP contribution in [0.3, 0.4) is 0 Å². The lowest BCUT2D eigenvalue weighted by molar-refractivity contribution is 0.239. The largest absolute Gasteiger partial charge is 0.331 e. The lowest BCUT2D eigenvalue weighted by Gasteiger charge is -2.24. The first-order valence-corrected chi connectivity index (χ1v) is 6.73. The van der Waals surface area contributed by atoms with Gasteiger partial charge in [0.25, 0.3) is 0 Å². The summed E-state index contributed by atoms with van der Waals surface area (Å²) in [6.45, 7) is 3.00. The van der Waals surface area contributed by atoms with E-state index in [1.165, 1.54) is 12.8 Å². The van der Waals surface area contributed by atoms with Gasteiger partial charge in [0.1, 0.15) is 12.2 Å². The van der Waals surface area contributed by atoms with Gasteiger partial charge in [-0.05, 0) is 32.9 Å². The van der Waals surface area contributed by atoms with Crippen LogP contribution in [-0.2, 0) is 6.54 Å². The third kappa shape index (κ3) is 2.66. The van der Waals surface area contributed by atoms with Crippen molar-refractivity contribution >= 4 is 0 Å². The standard InChI is InChI=1S/C14H19N5/c1-11(13-5-6-15-10-17-13)18(2)9-14-16-7-8-19(14)12-3-4-12/h5-8,10-12H,3-4,9H2,1-2H3. The van der Waals surface area contributed by atoms with Crippen LogP contribution in [0.1, 0.15) is 43.4 Å². The fourth-order valence-corrected chi connectivity index (χ4v) is 2.29. The fraction of sp³-hybridized carbons (Fsp3) is 0.500. The van der Waals surface area contributed by atoms with Crippen LogP contribution in [0.4, 0.5) is 0 Å². The smallest absolute Gasteiger partial charge is 0.123 e. The predicted molar refractivity (Wildman–Crippen MR) is 72.4 cm³/mol. The molecule has 1 aliphatic rings. The molecule has 5 heteroatoms. The van der Waals surface area contributed by atoms with Crippen molar-refractivity contribution in [3.63, 3.8) is 0 Å². The Morgan fingerprint density at radius 1 is 1.37 bits per heavy atom. The molecule has 1 atom stereocenters. The van der Waals surface area contributed by atoms with E-state index in [4.69, 9.17) is 0 Å². The summed E-state index contributed by atoms with van der Waals surface area (Å²) in [6, 6.07) is 2.90. The summed E-state index contributed by atoms with van der Waals surface area (Å²) < 4.78 is 2.31. The maximum atomic E-state index is 4.48. The summed E-state index contributed by atoms with van der Waals surface area (Å²) in [7, 11) is 2.11. The average molecular weight is 257 g/mol. The van der Waals surface area contributed by atoms with Crippen molar-refractivity contribution in [3.8, 4) is 0 Å². The minimum atomic E-state index is 0.257. The van der Waals surface area contributed by atoms with Gasteiger partial charge < -0.3 is 4.57 Å². The fourth-order valence-electron chi connectivity index (χ4n) is 2.29. The topological polar surface area (TPSA) is 46.8 Å². The van der Waals surface area contributed by atoms with Crippen LogP contribution in [0.5, 0.6) is 0 Å². The molecule has 100 valence electrons. The van der Waals surface area contributed by atoms with E-state index in [1.54, 1.807) is 12.5 Å². The number of aromatic nitrogens is 4.